The summed E-state index contributed by atoms with van der Waals surface area (Å²) in [5.74, 6) is -1.52. The van der Waals surface area contributed by atoms with Crippen molar-refractivity contribution in [2.75, 3.05) is 5.32 Å². The van der Waals surface area contributed by atoms with E-state index in [2.05, 4.69) is 10.6 Å². The number of urea groups is 1. The highest BCUT2D eigenvalue weighted by atomic mass is 19.4. The summed E-state index contributed by atoms with van der Waals surface area (Å²) in [6.07, 6.45) is -3.99. The number of carboxylic acid groups (broad SMARTS) is 1. The van der Waals surface area contributed by atoms with Crippen LogP contribution < -0.4 is 10.6 Å². The molecule has 0 saturated carbocycles. The molecule has 0 aliphatic rings. The molecule has 0 aromatic heterocycles. The molecule has 1 unspecified atom stereocenters. The van der Waals surface area contributed by atoms with Crippen LogP contribution in [0, 0.1) is 5.92 Å². The largest absolute Gasteiger partial charge is 0.480 e. The fourth-order valence-corrected chi connectivity index (χ4v) is 1.76. The number of amides is 2. The van der Waals surface area contributed by atoms with E-state index in [1.165, 1.54) is 6.07 Å². The lowest BCUT2D eigenvalue weighted by molar-refractivity contribution is -0.140. The highest BCUT2D eigenvalue weighted by molar-refractivity contribution is 5.92. The molecule has 2 amide bonds. The molecule has 3 N–H and O–H groups in total. The fraction of sp³-hybridized carbons (Fsp3) is 0.429. The van der Waals surface area contributed by atoms with Crippen LogP contribution in [-0.4, -0.2) is 23.1 Å². The summed E-state index contributed by atoms with van der Waals surface area (Å²) < 4.78 is 37.7. The van der Waals surface area contributed by atoms with E-state index in [9.17, 15) is 22.8 Å². The lowest BCUT2D eigenvalue weighted by atomic mass is 9.99. The fourth-order valence-electron chi connectivity index (χ4n) is 1.76. The van der Waals surface area contributed by atoms with E-state index in [0.29, 0.717) is 6.42 Å². The molecule has 1 aromatic rings. The maximum atomic E-state index is 12.6. The average Bonchev–Trinajstić information content (AvgIpc) is 2.43. The number of carbonyl (C=O) groups is 2. The van der Waals surface area contributed by atoms with Crippen molar-refractivity contribution in [2.45, 2.75) is 32.5 Å². The molecule has 0 spiro atoms. The van der Waals surface area contributed by atoms with Crippen LogP contribution >= 0.6 is 0 Å². The summed E-state index contributed by atoms with van der Waals surface area (Å²) in [5, 5.41) is 13.5. The number of aliphatic carboxylic acids is 1. The van der Waals surface area contributed by atoms with Crippen LogP contribution in [0.2, 0.25) is 0 Å². The van der Waals surface area contributed by atoms with Crippen LogP contribution in [0.15, 0.2) is 24.3 Å². The smallest absolute Gasteiger partial charge is 0.416 e. The molecule has 0 bridgehead atoms. The van der Waals surface area contributed by atoms with Gasteiger partial charge in [-0.3, -0.25) is 0 Å². The lowest BCUT2D eigenvalue weighted by Gasteiger charge is -2.20. The summed E-state index contributed by atoms with van der Waals surface area (Å²) in [6.45, 7) is 3.43. The van der Waals surface area contributed by atoms with Gasteiger partial charge in [0.1, 0.15) is 6.04 Å². The van der Waals surface area contributed by atoms with Gasteiger partial charge in [0, 0.05) is 5.69 Å². The molecular weight excluding hydrogens is 301 g/mol. The minimum atomic E-state index is -4.52. The highest BCUT2D eigenvalue weighted by Crippen LogP contribution is 2.30. The number of benzene rings is 1. The number of rotatable bonds is 5. The quantitative estimate of drug-likeness (QED) is 0.779. The normalized spacial score (nSPS) is 14.0. The molecule has 0 fully saturated rings. The second-order valence-electron chi connectivity index (χ2n) is 4.88. The van der Waals surface area contributed by atoms with E-state index in [1.807, 2.05) is 0 Å². The molecule has 0 radical (unpaired) electrons. The Labute approximate surface area is 125 Å². The van der Waals surface area contributed by atoms with Crippen molar-refractivity contribution in [2.24, 2.45) is 5.92 Å². The van der Waals surface area contributed by atoms with Crippen LogP contribution in [0.3, 0.4) is 0 Å². The Kier molecular flexibility index (Phi) is 5.78. The second-order valence-corrected chi connectivity index (χ2v) is 4.88. The van der Waals surface area contributed by atoms with Crippen LogP contribution in [0.5, 0.6) is 0 Å². The van der Waals surface area contributed by atoms with Gasteiger partial charge in [-0.05, 0) is 24.1 Å². The van der Waals surface area contributed by atoms with Gasteiger partial charge in [-0.15, -0.1) is 0 Å². The van der Waals surface area contributed by atoms with Gasteiger partial charge < -0.3 is 15.7 Å². The molecule has 1 aromatic carbocycles. The van der Waals surface area contributed by atoms with Gasteiger partial charge in [-0.2, -0.15) is 13.2 Å². The topological polar surface area (TPSA) is 78.4 Å². The third kappa shape index (κ3) is 4.94. The molecule has 0 saturated heterocycles. The molecular formula is C14H17F3N2O3. The zero-order chi connectivity index (χ0) is 16.9. The molecule has 8 heteroatoms. The van der Waals surface area contributed by atoms with Gasteiger partial charge in [0.05, 0.1) is 5.56 Å². The number of nitrogens with one attached hydrogen (secondary N) is 2. The molecule has 1 rings (SSSR count). The molecule has 2 atom stereocenters. The summed E-state index contributed by atoms with van der Waals surface area (Å²) in [5.41, 5.74) is -0.970. The standard InChI is InChI=1S/C14H17F3N2O3/c1-3-8(2)11(12(20)21)19-13(22)18-10-6-4-5-9(7-10)14(15,16)17/h4-8,11H,3H2,1-2H3,(H,20,21)(H2,18,19,22)/t8?,11-/m1/s1. The molecule has 0 aliphatic heterocycles. The molecule has 0 aliphatic carbocycles. The lowest BCUT2D eigenvalue weighted by Crippen LogP contribution is -2.46. The van der Waals surface area contributed by atoms with Crippen LogP contribution in [0.25, 0.3) is 0 Å². The van der Waals surface area contributed by atoms with E-state index >= 15 is 0 Å². The number of hydrogen-bond acceptors (Lipinski definition) is 2. The van der Waals surface area contributed by atoms with Gasteiger partial charge >= 0.3 is 18.2 Å². The van der Waals surface area contributed by atoms with Crippen molar-refractivity contribution in [3.63, 3.8) is 0 Å². The number of hydrogen-bond donors (Lipinski definition) is 3. The Bertz CT molecular complexity index is 546. The van der Waals surface area contributed by atoms with Gasteiger partial charge in [0.2, 0.25) is 0 Å². The molecule has 0 heterocycles. The van der Waals surface area contributed by atoms with Crippen molar-refractivity contribution < 1.29 is 27.9 Å². The number of alkyl halides is 3. The maximum Gasteiger partial charge on any atom is 0.416 e. The summed E-state index contributed by atoms with van der Waals surface area (Å²) in [7, 11) is 0. The summed E-state index contributed by atoms with van der Waals surface area (Å²) >= 11 is 0. The predicted octanol–water partition coefficient (Wildman–Crippen LogP) is 3.33. The number of carboxylic acids is 1. The van der Waals surface area contributed by atoms with E-state index in [0.717, 1.165) is 18.2 Å². The first-order valence-corrected chi connectivity index (χ1v) is 6.62. The Morgan fingerprint density at radius 1 is 1.32 bits per heavy atom. The van der Waals surface area contributed by atoms with Crippen LogP contribution in [0.4, 0.5) is 23.7 Å². The number of anilines is 1. The van der Waals surface area contributed by atoms with E-state index < -0.39 is 29.8 Å². The minimum absolute atomic E-state index is 0.0689. The third-order valence-electron chi connectivity index (χ3n) is 3.21. The van der Waals surface area contributed by atoms with Gasteiger partial charge in [-0.25, -0.2) is 9.59 Å². The van der Waals surface area contributed by atoms with E-state index in [-0.39, 0.29) is 11.6 Å². The highest BCUT2D eigenvalue weighted by Gasteiger charge is 2.30. The summed E-state index contributed by atoms with van der Waals surface area (Å²) in [4.78, 5) is 22.8. The van der Waals surface area contributed by atoms with Crippen LogP contribution in [-0.2, 0) is 11.0 Å². The van der Waals surface area contributed by atoms with E-state index in [1.54, 1.807) is 13.8 Å². The average molecular weight is 318 g/mol. The first kappa shape index (κ1) is 17.8. The molecule has 22 heavy (non-hydrogen) atoms. The number of carbonyl (C=O) groups excluding carboxylic acids is 1. The van der Waals surface area contributed by atoms with Gasteiger partial charge in [0.25, 0.3) is 0 Å². The minimum Gasteiger partial charge on any atom is -0.480 e. The molecule has 5 nitrogen and oxygen atoms in total. The van der Waals surface area contributed by atoms with Crippen molar-refractivity contribution >= 4 is 17.7 Å². The third-order valence-corrected chi connectivity index (χ3v) is 3.21. The number of halogens is 3. The zero-order valence-corrected chi connectivity index (χ0v) is 12.1. The van der Waals surface area contributed by atoms with Crippen molar-refractivity contribution in [1.29, 1.82) is 0 Å². The zero-order valence-electron chi connectivity index (χ0n) is 12.1. The van der Waals surface area contributed by atoms with Crippen LogP contribution in [0.1, 0.15) is 25.8 Å². The Morgan fingerprint density at radius 2 is 1.95 bits per heavy atom. The maximum absolute atomic E-state index is 12.6. The predicted molar refractivity (Wildman–Crippen MR) is 74.5 cm³/mol. The first-order chi connectivity index (χ1) is 10.1. The summed E-state index contributed by atoms with van der Waals surface area (Å²) in [6, 6.07) is 2.11. The Balaban J connectivity index is 2.78. The van der Waals surface area contributed by atoms with E-state index in [4.69, 9.17) is 5.11 Å². The van der Waals surface area contributed by atoms with Crippen molar-refractivity contribution in [3.05, 3.63) is 29.8 Å². The molecule has 122 valence electrons. The Hall–Kier alpha value is -2.25. The second kappa shape index (κ2) is 7.15. The van der Waals surface area contributed by atoms with Crippen molar-refractivity contribution in [3.8, 4) is 0 Å². The SMILES string of the molecule is CCC(C)[C@@H](NC(=O)Nc1cccc(C(F)(F)F)c1)C(=O)O. The van der Waals surface area contributed by atoms with Crippen molar-refractivity contribution in [1.82, 2.24) is 5.32 Å². The Morgan fingerprint density at radius 3 is 2.45 bits per heavy atom. The first-order valence-electron chi connectivity index (χ1n) is 6.62. The van der Waals surface area contributed by atoms with Gasteiger partial charge in [-0.1, -0.05) is 26.3 Å². The van der Waals surface area contributed by atoms with Gasteiger partial charge in [0.15, 0.2) is 0 Å². The monoisotopic (exact) mass is 318 g/mol.